The Labute approximate surface area is 193 Å². The first kappa shape index (κ1) is 30.4. The smallest absolute Gasteiger partial charge is 0.317 e. The maximum atomic E-state index is 11.3. The monoisotopic (exact) mass is 475 g/mol. The van der Waals surface area contributed by atoms with Gasteiger partial charge in [0, 0.05) is 58.8 Å². The van der Waals surface area contributed by atoms with Crippen molar-refractivity contribution in [3.8, 4) is 0 Å². The quantitative estimate of drug-likeness (QED) is 0.286. The van der Waals surface area contributed by atoms with Crippen molar-refractivity contribution in [2.24, 2.45) is 5.73 Å². The van der Waals surface area contributed by atoms with Gasteiger partial charge in [-0.15, -0.1) is 0 Å². The molecule has 0 spiro atoms. The topological polar surface area (TPSA) is 185 Å². The lowest BCUT2D eigenvalue weighted by Crippen LogP contribution is -2.49. The Hall–Kier alpha value is -2.61. The number of carboxylic acid groups (broad SMARTS) is 3. The van der Waals surface area contributed by atoms with Crippen LogP contribution in [0.4, 0.5) is 0 Å². The molecular weight excluding hydrogens is 438 g/mol. The molecule has 13 heteroatoms. The Kier molecular flexibility index (Phi) is 15.6. The summed E-state index contributed by atoms with van der Waals surface area (Å²) in [5.41, 5.74) is 5.28. The predicted octanol–water partition coefficient (Wildman–Crippen LogP) is -2.07. The zero-order valence-corrected chi connectivity index (χ0v) is 19.4. The lowest BCUT2D eigenvalue weighted by molar-refractivity contribution is -0.140. The number of ketones is 1. The highest BCUT2D eigenvalue weighted by Gasteiger charge is 2.20. The molecule has 0 aromatic heterocycles. The third kappa shape index (κ3) is 17.6. The van der Waals surface area contributed by atoms with Crippen LogP contribution in [-0.2, 0) is 24.0 Å². The minimum absolute atomic E-state index is 0.00698. The van der Waals surface area contributed by atoms with Crippen molar-refractivity contribution < 1.29 is 39.3 Å². The van der Waals surface area contributed by atoms with E-state index in [0.29, 0.717) is 58.8 Å². The van der Waals surface area contributed by atoms with E-state index in [9.17, 15) is 24.0 Å². The molecule has 1 rings (SSSR count). The van der Waals surface area contributed by atoms with Crippen LogP contribution in [0.5, 0.6) is 0 Å². The van der Waals surface area contributed by atoms with Crippen molar-refractivity contribution in [2.45, 2.75) is 20.3 Å². The second-order valence-electron chi connectivity index (χ2n) is 7.81. The molecule has 1 aliphatic rings. The van der Waals surface area contributed by atoms with E-state index in [1.165, 1.54) is 0 Å². The van der Waals surface area contributed by atoms with E-state index in [1.807, 2.05) is 6.92 Å². The first-order valence-corrected chi connectivity index (χ1v) is 10.7. The van der Waals surface area contributed by atoms with Crippen molar-refractivity contribution in [3.63, 3.8) is 0 Å². The molecule has 0 aliphatic carbocycles. The average Bonchev–Trinajstić information content (AvgIpc) is 2.68. The van der Waals surface area contributed by atoms with E-state index < -0.39 is 23.8 Å². The fourth-order valence-electron chi connectivity index (χ4n) is 3.01. The maximum Gasteiger partial charge on any atom is 0.317 e. The molecule has 0 bridgehead atoms. The van der Waals surface area contributed by atoms with Crippen molar-refractivity contribution in [1.82, 2.24) is 19.6 Å². The summed E-state index contributed by atoms with van der Waals surface area (Å²) in [7, 11) is 0. The standard InChI is InChI=1S/C16H29N5O7.C4H8O/c17-13(22)9-18-1-3-19(10-14(23)24)5-7-21(12-16(27)28)8-6-20(4-2-18)11-15(25)26;1-3-4(2)5/h1-12H2,(H2,17,22)(H,23,24)(H,25,26)(H,27,28);3H2,1-2H3. The van der Waals surface area contributed by atoms with Crippen LogP contribution in [0.1, 0.15) is 20.3 Å². The van der Waals surface area contributed by atoms with Crippen molar-refractivity contribution in [1.29, 1.82) is 0 Å². The van der Waals surface area contributed by atoms with Gasteiger partial charge in [0.25, 0.3) is 0 Å². The number of aliphatic carboxylic acids is 3. The van der Waals surface area contributed by atoms with Crippen LogP contribution in [0.3, 0.4) is 0 Å². The first-order valence-electron chi connectivity index (χ1n) is 10.7. The van der Waals surface area contributed by atoms with E-state index in [1.54, 1.807) is 26.5 Å². The summed E-state index contributed by atoms with van der Waals surface area (Å²) >= 11 is 0. The highest BCUT2D eigenvalue weighted by molar-refractivity contribution is 5.76. The minimum atomic E-state index is -1.01. The number of primary amides is 1. The third-order valence-electron chi connectivity index (χ3n) is 4.88. The Morgan fingerprint density at radius 3 is 0.970 bits per heavy atom. The number of hydrogen-bond acceptors (Lipinski definition) is 9. The fraction of sp³-hybridized carbons (Fsp3) is 0.750. The number of nitrogens with two attached hydrogens (primary N) is 1. The number of carbonyl (C=O) groups excluding carboxylic acids is 2. The SMILES string of the molecule is CCC(C)=O.NC(=O)CN1CCN(CC(=O)O)CCN(CC(=O)O)CCN(CC(=O)O)CC1. The van der Waals surface area contributed by atoms with Gasteiger partial charge in [0.2, 0.25) is 5.91 Å². The van der Waals surface area contributed by atoms with E-state index in [4.69, 9.17) is 21.1 Å². The van der Waals surface area contributed by atoms with Gasteiger partial charge in [0.15, 0.2) is 0 Å². The summed E-state index contributed by atoms with van der Waals surface area (Å²) < 4.78 is 0. The first-order chi connectivity index (χ1) is 15.4. The van der Waals surface area contributed by atoms with Gasteiger partial charge in [-0.2, -0.15) is 0 Å². The fourth-order valence-corrected chi connectivity index (χ4v) is 3.01. The van der Waals surface area contributed by atoms with Gasteiger partial charge < -0.3 is 25.8 Å². The van der Waals surface area contributed by atoms with Crippen LogP contribution in [0.15, 0.2) is 0 Å². The molecule has 1 amide bonds. The van der Waals surface area contributed by atoms with E-state index in [2.05, 4.69) is 0 Å². The predicted molar refractivity (Wildman–Crippen MR) is 119 cm³/mol. The van der Waals surface area contributed by atoms with Crippen molar-refractivity contribution in [3.05, 3.63) is 0 Å². The molecule has 0 atom stereocenters. The van der Waals surface area contributed by atoms with Crippen LogP contribution in [0.2, 0.25) is 0 Å². The molecule has 1 heterocycles. The van der Waals surface area contributed by atoms with Gasteiger partial charge in [-0.1, -0.05) is 6.92 Å². The number of hydrogen-bond donors (Lipinski definition) is 4. The molecule has 5 N–H and O–H groups in total. The lowest BCUT2D eigenvalue weighted by atomic mass is 10.3. The minimum Gasteiger partial charge on any atom is -0.480 e. The number of Topliss-reactive ketones (excluding diaryl/α,β-unsaturated/α-hetero) is 1. The summed E-state index contributed by atoms with van der Waals surface area (Å²) in [6, 6.07) is 0. The highest BCUT2D eigenvalue weighted by Crippen LogP contribution is 2.01. The van der Waals surface area contributed by atoms with Gasteiger partial charge in [-0.05, 0) is 6.92 Å². The van der Waals surface area contributed by atoms with Crippen molar-refractivity contribution in [2.75, 3.05) is 78.5 Å². The molecule has 0 unspecified atom stereocenters. The molecule has 0 radical (unpaired) electrons. The summed E-state index contributed by atoms with van der Waals surface area (Å²) in [4.78, 5) is 61.2. The Morgan fingerprint density at radius 1 is 0.606 bits per heavy atom. The molecule has 190 valence electrons. The normalized spacial score (nSPS) is 17.6. The van der Waals surface area contributed by atoms with Gasteiger partial charge in [0.1, 0.15) is 5.78 Å². The second kappa shape index (κ2) is 16.9. The number of carbonyl (C=O) groups is 5. The Morgan fingerprint density at radius 2 is 0.818 bits per heavy atom. The van der Waals surface area contributed by atoms with Crippen molar-refractivity contribution >= 4 is 29.6 Å². The van der Waals surface area contributed by atoms with Crippen LogP contribution in [0.25, 0.3) is 0 Å². The molecule has 0 aromatic carbocycles. The average molecular weight is 476 g/mol. The molecule has 0 saturated carbocycles. The summed E-state index contributed by atoms with van der Waals surface area (Å²) in [6.45, 7) is 5.64. The molecule has 0 aromatic rings. The lowest BCUT2D eigenvalue weighted by Gasteiger charge is -2.32. The largest absolute Gasteiger partial charge is 0.480 e. The molecule has 1 saturated heterocycles. The van der Waals surface area contributed by atoms with E-state index >= 15 is 0 Å². The number of carboxylic acids is 3. The van der Waals surface area contributed by atoms with Gasteiger partial charge in [-0.3, -0.25) is 38.8 Å². The third-order valence-corrected chi connectivity index (χ3v) is 4.88. The molecular formula is C20H37N5O8. The number of amides is 1. The van der Waals surface area contributed by atoms with E-state index in [-0.39, 0.29) is 32.0 Å². The van der Waals surface area contributed by atoms with Gasteiger partial charge >= 0.3 is 17.9 Å². The van der Waals surface area contributed by atoms with Crippen LogP contribution in [-0.4, -0.2) is 143 Å². The summed E-state index contributed by atoms with van der Waals surface area (Å²) in [5, 5.41) is 27.3. The van der Waals surface area contributed by atoms with Gasteiger partial charge in [-0.25, -0.2) is 0 Å². The van der Waals surface area contributed by atoms with E-state index in [0.717, 1.165) is 0 Å². The summed E-state index contributed by atoms with van der Waals surface area (Å²) in [6.07, 6.45) is 0.667. The van der Waals surface area contributed by atoms with Crippen LogP contribution < -0.4 is 5.73 Å². The highest BCUT2D eigenvalue weighted by atomic mass is 16.4. The Bertz CT molecular complexity index is 548. The van der Waals surface area contributed by atoms with Crippen LogP contribution in [0, 0.1) is 0 Å². The second-order valence-corrected chi connectivity index (χ2v) is 7.81. The van der Waals surface area contributed by atoms with Gasteiger partial charge in [0.05, 0.1) is 26.2 Å². The molecule has 1 aliphatic heterocycles. The molecule has 13 nitrogen and oxygen atoms in total. The maximum absolute atomic E-state index is 11.3. The zero-order chi connectivity index (χ0) is 25.4. The molecule has 33 heavy (non-hydrogen) atoms. The number of rotatable bonds is 9. The molecule has 1 fully saturated rings. The Balaban J connectivity index is 0.00000184. The summed E-state index contributed by atoms with van der Waals surface area (Å²) in [5.74, 6) is -3.26. The van der Waals surface area contributed by atoms with Crippen LogP contribution >= 0.6 is 0 Å². The zero-order valence-electron chi connectivity index (χ0n) is 19.4. The number of nitrogens with zero attached hydrogens (tertiary/aromatic N) is 4.